The average Bonchev–Trinajstić information content (AvgIpc) is 3.86. The van der Waals surface area contributed by atoms with Crippen molar-refractivity contribution in [1.29, 1.82) is 5.26 Å². The van der Waals surface area contributed by atoms with Crippen LogP contribution in [0.4, 0.5) is 0 Å². The van der Waals surface area contributed by atoms with Gasteiger partial charge in [-0.1, -0.05) is 121 Å². The van der Waals surface area contributed by atoms with Gasteiger partial charge in [-0.15, -0.1) is 0 Å². The van der Waals surface area contributed by atoms with Crippen molar-refractivity contribution in [2.45, 2.75) is 0 Å². The first kappa shape index (κ1) is 29.3. The molecule has 0 amide bonds. The van der Waals surface area contributed by atoms with Crippen LogP contribution < -0.4 is 0 Å². The van der Waals surface area contributed by atoms with Crippen LogP contribution in [-0.2, 0) is 0 Å². The number of hydrogen-bond donors (Lipinski definition) is 0. The lowest BCUT2D eigenvalue weighted by atomic mass is 10.0. The van der Waals surface area contributed by atoms with E-state index in [1.165, 1.54) is 21.5 Å². The van der Waals surface area contributed by atoms with E-state index in [0.29, 0.717) is 5.56 Å². The van der Waals surface area contributed by atoms with Crippen LogP contribution in [0.5, 0.6) is 0 Å². The highest BCUT2D eigenvalue weighted by Crippen LogP contribution is 2.43. The highest BCUT2D eigenvalue weighted by molar-refractivity contribution is 6.13. The lowest BCUT2D eigenvalue weighted by Gasteiger charge is -2.22. The molecule has 0 unspecified atom stereocenters. The molecule has 5 heteroatoms. The predicted molar refractivity (Wildman–Crippen MR) is 217 cm³/mol. The highest BCUT2D eigenvalue weighted by Gasteiger charge is 2.26. The van der Waals surface area contributed by atoms with Gasteiger partial charge in [0.25, 0.3) is 0 Å². The molecule has 0 saturated carbocycles. The van der Waals surface area contributed by atoms with Gasteiger partial charge in [-0.2, -0.15) is 5.26 Å². The quantitative estimate of drug-likeness (QED) is 0.186. The van der Waals surface area contributed by atoms with Crippen LogP contribution in [0.25, 0.3) is 93.9 Å². The van der Waals surface area contributed by atoms with Crippen molar-refractivity contribution in [1.82, 2.24) is 18.7 Å². The van der Waals surface area contributed by atoms with E-state index >= 15 is 0 Å². The van der Waals surface area contributed by atoms with Gasteiger partial charge in [0.05, 0.1) is 50.4 Å². The molecular weight excluding hydrogens is 647 g/mol. The molecular formula is C48H29N5. The van der Waals surface area contributed by atoms with E-state index in [9.17, 15) is 5.26 Å². The molecule has 0 spiro atoms. The van der Waals surface area contributed by atoms with Crippen LogP contribution in [0, 0.1) is 11.3 Å². The standard InChI is InChI=1S/C48H29N5/c49-30-31-14-13-15-32(28-31)39-29-46(51-40-22-7-1-16-33(40)34-17-2-8-23-41(34)51)50-48(53-44-26-11-5-20-37(44)38-21-6-12-27-45(38)53)47(39)52-42-24-9-3-18-35(42)36-19-4-10-25-43(36)52/h1-29H. The number of pyridine rings is 1. The Kier molecular flexibility index (Phi) is 6.25. The lowest BCUT2D eigenvalue weighted by molar-refractivity contribution is 0.985. The number of hydrogen-bond acceptors (Lipinski definition) is 2. The van der Waals surface area contributed by atoms with Gasteiger partial charge in [0.2, 0.25) is 0 Å². The summed E-state index contributed by atoms with van der Waals surface area (Å²) in [7, 11) is 0. The zero-order valence-electron chi connectivity index (χ0n) is 28.5. The Morgan fingerprint density at radius 2 is 0.792 bits per heavy atom. The van der Waals surface area contributed by atoms with Gasteiger partial charge in [0.1, 0.15) is 5.82 Å². The van der Waals surface area contributed by atoms with Crippen LogP contribution in [0.15, 0.2) is 176 Å². The second kappa shape index (κ2) is 11.3. The Morgan fingerprint density at radius 1 is 0.396 bits per heavy atom. The number of fused-ring (bicyclic) bond motifs is 9. The summed E-state index contributed by atoms with van der Waals surface area (Å²) in [5, 5.41) is 17.1. The van der Waals surface area contributed by atoms with Gasteiger partial charge in [0, 0.05) is 37.9 Å². The van der Waals surface area contributed by atoms with Gasteiger partial charge < -0.3 is 4.57 Å². The zero-order valence-corrected chi connectivity index (χ0v) is 28.5. The largest absolute Gasteiger partial charge is 0.305 e. The van der Waals surface area contributed by atoms with Crippen molar-refractivity contribution in [3.63, 3.8) is 0 Å². The molecule has 4 heterocycles. The van der Waals surface area contributed by atoms with Gasteiger partial charge in [-0.25, -0.2) is 4.98 Å². The predicted octanol–water partition coefficient (Wildman–Crippen LogP) is 11.9. The monoisotopic (exact) mass is 675 g/mol. The first-order valence-electron chi connectivity index (χ1n) is 17.8. The van der Waals surface area contributed by atoms with Gasteiger partial charge in [-0.05, 0) is 60.2 Å². The summed E-state index contributed by atoms with van der Waals surface area (Å²) in [6, 6.07) is 64.1. The number of aromatic nitrogens is 4. The molecule has 0 radical (unpaired) electrons. The number of para-hydroxylation sites is 6. The van der Waals surface area contributed by atoms with E-state index in [-0.39, 0.29) is 0 Å². The normalized spacial score (nSPS) is 11.8. The molecule has 0 bridgehead atoms. The Labute approximate surface area is 304 Å². The summed E-state index contributed by atoms with van der Waals surface area (Å²) in [4.78, 5) is 5.80. The molecule has 11 rings (SSSR count). The molecule has 5 nitrogen and oxygen atoms in total. The Bertz CT molecular complexity index is 3150. The van der Waals surface area contributed by atoms with Crippen molar-refractivity contribution in [3.05, 3.63) is 181 Å². The SMILES string of the molecule is N#Cc1cccc(-c2cc(-n3c4ccccc4c4ccccc43)nc(-n3c4ccccc4c4ccccc43)c2-n2c3ccccc3c3ccccc32)c1. The molecule has 0 aliphatic heterocycles. The number of nitriles is 1. The Morgan fingerprint density at radius 3 is 1.23 bits per heavy atom. The smallest absolute Gasteiger partial charge is 0.165 e. The summed E-state index contributed by atoms with van der Waals surface area (Å²) in [6.45, 7) is 0. The first-order valence-corrected chi connectivity index (χ1v) is 17.8. The van der Waals surface area contributed by atoms with Crippen molar-refractivity contribution < 1.29 is 0 Å². The number of benzene rings is 7. The molecule has 0 atom stereocenters. The maximum Gasteiger partial charge on any atom is 0.165 e. The third kappa shape index (κ3) is 4.21. The van der Waals surface area contributed by atoms with E-state index in [0.717, 1.165) is 72.3 Å². The average molecular weight is 676 g/mol. The molecule has 0 saturated heterocycles. The van der Waals surface area contributed by atoms with Crippen LogP contribution in [0.2, 0.25) is 0 Å². The van der Waals surface area contributed by atoms with E-state index in [1.54, 1.807) is 0 Å². The van der Waals surface area contributed by atoms with E-state index < -0.39 is 0 Å². The molecule has 11 aromatic rings. The molecule has 53 heavy (non-hydrogen) atoms. The topological polar surface area (TPSA) is 51.5 Å². The summed E-state index contributed by atoms with van der Waals surface area (Å²) in [5.41, 5.74) is 9.91. The molecule has 7 aromatic carbocycles. The lowest BCUT2D eigenvalue weighted by Crippen LogP contribution is -2.11. The van der Waals surface area contributed by atoms with Crippen molar-refractivity contribution in [2.75, 3.05) is 0 Å². The van der Waals surface area contributed by atoms with Crippen LogP contribution >= 0.6 is 0 Å². The fraction of sp³-hybridized carbons (Fsp3) is 0. The fourth-order valence-corrected chi connectivity index (χ4v) is 8.46. The molecule has 0 aliphatic carbocycles. The van der Waals surface area contributed by atoms with Gasteiger partial charge >= 0.3 is 0 Å². The number of rotatable bonds is 4. The number of nitrogens with zero attached hydrogens (tertiary/aromatic N) is 5. The van der Waals surface area contributed by atoms with Gasteiger partial charge in [-0.3, -0.25) is 9.13 Å². The maximum absolute atomic E-state index is 10.2. The summed E-state index contributed by atoms with van der Waals surface area (Å²) in [6.07, 6.45) is 0. The van der Waals surface area contributed by atoms with E-state index in [1.807, 2.05) is 18.2 Å². The maximum atomic E-state index is 10.2. The Hall–Kier alpha value is -7.42. The molecule has 0 aliphatic rings. The summed E-state index contributed by atoms with van der Waals surface area (Å²) < 4.78 is 6.99. The molecule has 246 valence electrons. The minimum atomic E-state index is 0.601. The van der Waals surface area contributed by atoms with Gasteiger partial charge in [0.15, 0.2) is 5.82 Å². The van der Waals surface area contributed by atoms with Crippen molar-refractivity contribution in [3.8, 4) is 34.5 Å². The molecule has 4 aromatic heterocycles. The second-order valence-electron chi connectivity index (χ2n) is 13.5. The highest BCUT2D eigenvalue weighted by atomic mass is 15.2. The van der Waals surface area contributed by atoms with E-state index in [2.05, 4.69) is 177 Å². The van der Waals surface area contributed by atoms with Crippen LogP contribution in [0.3, 0.4) is 0 Å². The van der Waals surface area contributed by atoms with Crippen LogP contribution in [-0.4, -0.2) is 18.7 Å². The minimum absolute atomic E-state index is 0.601. The van der Waals surface area contributed by atoms with Crippen molar-refractivity contribution in [2.24, 2.45) is 0 Å². The molecule has 0 N–H and O–H groups in total. The Balaban J connectivity index is 1.40. The second-order valence-corrected chi connectivity index (χ2v) is 13.5. The fourth-order valence-electron chi connectivity index (χ4n) is 8.46. The van der Waals surface area contributed by atoms with E-state index in [4.69, 9.17) is 4.98 Å². The third-order valence-corrected chi connectivity index (χ3v) is 10.7. The zero-order chi connectivity index (χ0) is 35.0. The minimum Gasteiger partial charge on any atom is -0.305 e. The summed E-state index contributed by atoms with van der Waals surface area (Å²) in [5.74, 6) is 1.59. The van der Waals surface area contributed by atoms with Crippen molar-refractivity contribution >= 4 is 65.4 Å². The van der Waals surface area contributed by atoms with Crippen LogP contribution in [0.1, 0.15) is 5.56 Å². The third-order valence-electron chi connectivity index (χ3n) is 10.7. The first-order chi connectivity index (χ1) is 26.3. The molecule has 0 fully saturated rings. The summed E-state index contributed by atoms with van der Waals surface area (Å²) >= 11 is 0.